The first-order chi connectivity index (χ1) is 7.58. The highest BCUT2D eigenvalue weighted by Crippen LogP contribution is 2.55. The number of hydrogen-bond donors (Lipinski definition) is 0. The van der Waals surface area contributed by atoms with Gasteiger partial charge in [0.15, 0.2) is 0 Å². The Balaban J connectivity index is 2.84. The van der Waals surface area contributed by atoms with Crippen molar-refractivity contribution in [3.8, 4) is 0 Å². The van der Waals surface area contributed by atoms with Crippen LogP contribution in [0.3, 0.4) is 0 Å². The molecule has 0 aliphatic heterocycles. The molecule has 0 radical (unpaired) electrons. The van der Waals surface area contributed by atoms with E-state index in [4.69, 9.17) is 0 Å². The average molecular weight is 284 g/mol. The molecule has 0 amide bonds. The molecule has 0 N–H and O–H groups in total. The van der Waals surface area contributed by atoms with E-state index in [0.29, 0.717) is 12.8 Å². The Labute approximate surface area is 97.9 Å². The topological polar surface area (TPSA) is 0 Å². The van der Waals surface area contributed by atoms with E-state index in [1.54, 1.807) is 0 Å². The number of rotatable bonds is 2. The molecule has 0 unspecified atom stereocenters. The second-order valence-corrected chi connectivity index (χ2v) is 5.43. The van der Waals surface area contributed by atoms with Crippen LogP contribution >= 0.6 is 11.8 Å². The largest absolute Gasteiger partial charge is 0.441 e. The van der Waals surface area contributed by atoms with Crippen LogP contribution in [0.1, 0.15) is 32.1 Å². The molecule has 0 aromatic carbocycles. The lowest BCUT2D eigenvalue weighted by Crippen LogP contribution is -2.51. The van der Waals surface area contributed by atoms with E-state index in [0.717, 1.165) is 6.42 Å². The molecule has 0 saturated heterocycles. The predicted octanol–water partition coefficient (Wildman–Crippen LogP) is 4.84. The van der Waals surface area contributed by atoms with Crippen molar-refractivity contribution in [1.29, 1.82) is 0 Å². The second-order valence-electron chi connectivity index (χ2n) is 3.97. The van der Waals surface area contributed by atoms with Gasteiger partial charge >= 0.3 is 17.4 Å². The Morgan fingerprint density at radius 3 is 1.47 bits per heavy atom. The van der Waals surface area contributed by atoms with Gasteiger partial charge in [-0.1, -0.05) is 31.0 Å². The SMILES string of the molecule is FC(F)(F)C(F)(SC1CCCCC1)C(F)(F)F. The zero-order valence-electron chi connectivity index (χ0n) is 8.67. The molecule has 1 fully saturated rings. The smallest absolute Gasteiger partial charge is 0.211 e. The van der Waals surface area contributed by atoms with Crippen LogP contribution in [0.2, 0.25) is 0 Å². The molecule has 0 heterocycles. The molecular formula is C9H11F7S. The van der Waals surface area contributed by atoms with Crippen LogP contribution in [0.15, 0.2) is 0 Å². The monoisotopic (exact) mass is 284 g/mol. The lowest BCUT2D eigenvalue weighted by molar-refractivity contribution is -0.303. The van der Waals surface area contributed by atoms with E-state index in [2.05, 4.69) is 0 Å². The van der Waals surface area contributed by atoms with Crippen LogP contribution in [0.4, 0.5) is 30.7 Å². The number of alkyl halides is 7. The van der Waals surface area contributed by atoms with E-state index >= 15 is 0 Å². The van der Waals surface area contributed by atoms with Crippen molar-refractivity contribution >= 4 is 11.8 Å². The van der Waals surface area contributed by atoms with E-state index in [1.165, 1.54) is 0 Å². The Hall–Kier alpha value is -0.140. The minimum Gasteiger partial charge on any atom is -0.211 e. The second kappa shape index (κ2) is 4.85. The summed E-state index contributed by atoms with van der Waals surface area (Å²) < 4.78 is 86.7. The van der Waals surface area contributed by atoms with Crippen LogP contribution in [0.5, 0.6) is 0 Å². The van der Waals surface area contributed by atoms with E-state index < -0.39 is 34.4 Å². The molecule has 0 nitrogen and oxygen atoms in total. The van der Waals surface area contributed by atoms with Crippen molar-refractivity contribution in [2.45, 2.75) is 54.7 Å². The van der Waals surface area contributed by atoms with Gasteiger partial charge in [0.05, 0.1) is 0 Å². The summed E-state index contributed by atoms with van der Waals surface area (Å²) in [7, 11) is 0. The first-order valence-electron chi connectivity index (χ1n) is 5.08. The van der Waals surface area contributed by atoms with Gasteiger partial charge in [0.25, 0.3) is 0 Å². The van der Waals surface area contributed by atoms with Gasteiger partial charge in [-0.05, 0) is 12.8 Å². The summed E-state index contributed by atoms with van der Waals surface area (Å²) in [6.45, 7) is 0. The number of halogens is 7. The van der Waals surface area contributed by atoms with Crippen molar-refractivity contribution < 1.29 is 30.7 Å². The van der Waals surface area contributed by atoms with Gasteiger partial charge in [0.1, 0.15) is 0 Å². The van der Waals surface area contributed by atoms with Crippen LogP contribution < -0.4 is 0 Å². The predicted molar refractivity (Wildman–Crippen MR) is 50.4 cm³/mol. The number of hydrogen-bond acceptors (Lipinski definition) is 1. The standard InChI is InChI=1S/C9H11F7S/c10-7(8(11,12)13,9(14,15)16)17-6-4-2-1-3-5-6/h6H,1-5H2. The molecular weight excluding hydrogens is 273 g/mol. The quantitative estimate of drug-likeness (QED) is 0.654. The highest BCUT2D eigenvalue weighted by atomic mass is 32.2. The minimum atomic E-state index is -5.94. The van der Waals surface area contributed by atoms with Crippen molar-refractivity contribution in [1.82, 2.24) is 0 Å². The molecule has 1 rings (SSSR count). The molecule has 8 heteroatoms. The Morgan fingerprint density at radius 2 is 1.12 bits per heavy atom. The molecule has 0 spiro atoms. The van der Waals surface area contributed by atoms with Crippen LogP contribution in [0.25, 0.3) is 0 Å². The zero-order chi connectivity index (χ0) is 13.3. The molecule has 1 aliphatic rings. The Morgan fingerprint density at radius 1 is 0.706 bits per heavy atom. The summed E-state index contributed by atoms with van der Waals surface area (Å²) in [4.78, 5) is 0. The van der Waals surface area contributed by atoms with Crippen molar-refractivity contribution in [3.05, 3.63) is 0 Å². The fraction of sp³-hybridized carbons (Fsp3) is 1.00. The molecule has 1 saturated carbocycles. The molecule has 0 atom stereocenters. The van der Waals surface area contributed by atoms with Crippen molar-refractivity contribution in [2.24, 2.45) is 0 Å². The highest BCUT2D eigenvalue weighted by Gasteiger charge is 2.73. The first-order valence-corrected chi connectivity index (χ1v) is 5.96. The Kier molecular flexibility index (Phi) is 4.26. The normalized spacial score (nSPS) is 20.6. The molecule has 102 valence electrons. The third-order valence-corrected chi connectivity index (χ3v) is 4.20. The maximum Gasteiger partial charge on any atom is 0.441 e. The number of thioether (sulfide) groups is 1. The Bertz CT molecular complexity index is 237. The lowest BCUT2D eigenvalue weighted by Gasteiger charge is -2.33. The zero-order valence-corrected chi connectivity index (χ0v) is 9.48. The van der Waals surface area contributed by atoms with Gasteiger partial charge in [-0.2, -0.15) is 26.3 Å². The average Bonchev–Trinajstić information content (AvgIpc) is 2.15. The van der Waals surface area contributed by atoms with Crippen molar-refractivity contribution in [3.63, 3.8) is 0 Å². The van der Waals surface area contributed by atoms with E-state index in [1.807, 2.05) is 0 Å². The summed E-state index contributed by atoms with van der Waals surface area (Å²) in [6.07, 6.45) is -9.62. The first kappa shape index (κ1) is 14.9. The molecule has 1 aliphatic carbocycles. The third kappa shape index (κ3) is 3.20. The van der Waals surface area contributed by atoms with Gasteiger partial charge in [0, 0.05) is 5.25 Å². The van der Waals surface area contributed by atoms with E-state index in [9.17, 15) is 30.7 Å². The maximum absolute atomic E-state index is 13.3. The molecule has 0 aromatic rings. The highest BCUT2D eigenvalue weighted by molar-refractivity contribution is 8.01. The maximum atomic E-state index is 13.3. The van der Waals surface area contributed by atoms with Gasteiger partial charge in [-0.25, -0.2) is 4.39 Å². The fourth-order valence-electron chi connectivity index (χ4n) is 1.71. The van der Waals surface area contributed by atoms with Gasteiger partial charge in [0.2, 0.25) is 0 Å². The molecule has 17 heavy (non-hydrogen) atoms. The summed E-state index contributed by atoms with van der Waals surface area (Å²) >= 11 is -0.635. The summed E-state index contributed by atoms with van der Waals surface area (Å²) in [6, 6.07) is 0. The summed E-state index contributed by atoms with van der Waals surface area (Å²) in [5.74, 6) is 0. The summed E-state index contributed by atoms with van der Waals surface area (Å²) in [5, 5.41) is -6.07. The third-order valence-electron chi connectivity index (χ3n) is 2.61. The molecule has 0 bridgehead atoms. The van der Waals surface area contributed by atoms with Crippen LogP contribution in [0, 0.1) is 0 Å². The minimum absolute atomic E-state index is 0.197. The van der Waals surface area contributed by atoms with Crippen LogP contribution in [-0.4, -0.2) is 22.6 Å². The van der Waals surface area contributed by atoms with Gasteiger partial charge in [-0.3, -0.25) is 0 Å². The van der Waals surface area contributed by atoms with Gasteiger partial charge in [-0.15, -0.1) is 0 Å². The summed E-state index contributed by atoms with van der Waals surface area (Å²) in [5.41, 5.74) is 0. The van der Waals surface area contributed by atoms with Crippen molar-refractivity contribution in [2.75, 3.05) is 0 Å². The molecule has 0 aromatic heterocycles. The van der Waals surface area contributed by atoms with Gasteiger partial charge < -0.3 is 0 Å². The van der Waals surface area contributed by atoms with E-state index in [-0.39, 0.29) is 12.8 Å². The fourth-order valence-corrected chi connectivity index (χ4v) is 3.00. The van der Waals surface area contributed by atoms with Crippen LogP contribution in [-0.2, 0) is 0 Å². The lowest BCUT2D eigenvalue weighted by atomic mass is 10.0.